The van der Waals surface area contributed by atoms with E-state index in [0.717, 1.165) is 6.42 Å². The predicted octanol–water partition coefficient (Wildman–Crippen LogP) is 1.49. The minimum atomic E-state index is -3.28. The number of carboxylic acids is 1. The van der Waals surface area contributed by atoms with E-state index < -0.39 is 39.0 Å². The third kappa shape index (κ3) is 3.39. The van der Waals surface area contributed by atoms with Gasteiger partial charge >= 0.3 is 11.9 Å². The van der Waals surface area contributed by atoms with Gasteiger partial charge in [0.25, 0.3) is 0 Å². The van der Waals surface area contributed by atoms with Crippen molar-refractivity contribution < 1.29 is 27.9 Å². The molecule has 0 aromatic heterocycles. The second kappa shape index (κ2) is 6.77. The summed E-state index contributed by atoms with van der Waals surface area (Å²) in [6, 6.07) is 0. The molecule has 21 heavy (non-hydrogen) atoms. The average Bonchev–Trinajstić information content (AvgIpc) is 2.71. The Bertz CT molecular complexity index is 498. The van der Waals surface area contributed by atoms with Gasteiger partial charge in [0.05, 0.1) is 18.1 Å². The summed E-state index contributed by atoms with van der Waals surface area (Å²) in [4.78, 5) is 24.4. The van der Waals surface area contributed by atoms with Gasteiger partial charge in [0.2, 0.25) is 0 Å². The fourth-order valence-corrected chi connectivity index (χ4v) is 5.16. The van der Waals surface area contributed by atoms with Crippen molar-refractivity contribution in [3.63, 3.8) is 0 Å². The van der Waals surface area contributed by atoms with Crippen molar-refractivity contribution in [2.75, 3.05) is 18.1 Å². The lowest BCUT2D eigenvalue weighted by Gasteiger charge is -2.37. The zero-order valence-electron chi connectivity index (χ0n) is 12.8. The summed E-state index contributed by atoms with van der Waals surface area (Å²) in [6.07, 6.45) is 1.44. The molecule has 3 unspecified atom stereocenters. The summed E-state index contributed by atoms with van der Waals surface area (Å²) >= 11 is 0. The molecule has 7 heteroatoms. The number of esters is 1. The van der Waals surface area contributed by atoms with E-state index >= 15 is 0 Å². The van der Waals surface area contributed by atoms with Gasteiger partial charge < -0.3 is 9.84 Å². The molecular formula is C14H24O6S. The molecule has 6 nitrogen and oxygen atoms in total. The van der Waals surface area contributed by atoms with Crippen LogP contribution >= 0.6 is 0 Å². The highest BCUT2D eigenvalue weighted by Crippen LogP contribution is 2.45. The van der Waals surface area contributed by atoms with Crippen molar-refractivity contribution in [1.29, 1.82) is 0 Å². The van der Waals surface area contributed by atoms with Gasteiger partial charge in [-0.25, -0.2) is 8.42 Å². The maximum absolute atomic E-state index is 12.4. The highest BCUT2D eigenvalue weighted by atomic mass is 32.2. The van der Waals surface area contributed by atoms with Crippen molar-refractivity contribution in [2.45, 2.75) is 40.0 Å². The molecule has 0 saturated carbocycles. The Hall–Kier alpha value is -1.11. The van der Waals surface area contributed by atoms with Crippen LogP contribution in [0.15, 0.2) is 0 Å². The number of rotatable bonds is 7. The van der Waals surface area contributed by atoms with E-state index in [4.69, 9.17) is 4.74 Å². The molecular weight excluding hydrogens is 296 g/mol. The summed E-state index contributed by atoms with van der Waals surface area (Å²) in [7, 11) is -3.28. The maximum atomic E-state index is 12.4. The minimum absolute atomic E-state index is 0.0645. The van der Waals surface area contributed by atoms with Crippen LogP contribution < -0.4 is 0 Å². The van der Waals surface area contributed by atoms with E-state index in [-0.39, 0.29) is 24.5 Å². The first-order valence-electron chi connectivity index (χ1n) is 7.33. The van der Waals surface area contributed by atoms with Gasteiger partial charge in [-0.1, -0.05) is 20.3 Å². The Morgan fingerprint density at radius 3 is 2.38 bits per heavy atom. The Labute approximate surface area is 125 Å². The van der Waals surface area contributed by atoms with Gasteiger partial charge in [-0.2, -0.15) is 0 Å². The minimum Gasteiger partial charge on any atom is -0.480 e. The molecule has 0 spiro atoms. The van der Waals surface area contributed by atoms with E-state index in [1.165, 1.54) is 0 Å². The SMILES string of the molecule is CCCC(C)C(C(=O)O)(C(=O)OCC)C1CCS(=O)(=O)C1. The van der Waals surface area contributed by atoms with Crippen LogP contribution in [0.4, 0.5) is 0 Å². The van der Waals surface area contributed by atoms with E-state index in [1.54, 1.807) is 13.8 Å². The van der Waals surface area contributed by atoms with Crippen molar-refractivity contribution >= 4 is 21.8 Å². The maximum Gasteiger partial charge on any atom is 0.324 e. The van der Waals surface area contributed by atoms with Crippen LogP contribution in [0.25, 0.3) is 0 Å². The van der Waals surface area contributed by atoms with Crippen LogP contribution in [0.1, 0.15) is 40.0 Å². The molecule has 0 aromatic rings. The summed E-state index contributed by atoms with van der Waals surface area (Å²) in [6.45, 7) is 5.28. The fraction of sp³-hybridized carbons (Fsp3) is 0.857. The molecule has 1 heterocycles. The highest BCUT2D eigenvalue weighted by Gasteiger charge is 2.59. The molecule has 0 aliphatic carbocycles. The lowest BCUT2D eigenvalue weighted by atomic mass is 9.65. The zero-order valence-corrected chi connectivity index (χ0v) is 13.6. The van der Waals surface area contributed by atoms with Crippen molar-refractivity contribution in [2.24, 2.45) is 17.3 Å². The Morgan fingerprint density at radius 2 is 2.00 bits per heavy atom. The Kier molecular flexibility index (Phi) is 5.78. The molecule has 0 aromatic carbocycles. The predicted molar refractivity (Wildman–Crippen MR) is 77.5 cm³/mol. The lowest BCUT2D eigenvalue weighted by Crippen LogP contribution is -2.52. The third-order valence-electron chi connectivity index (χ3n) is 4.34. The van der Waals surface area contributed by atoms with E-state index in [1.807, 2.05) is 6.92 Å². The number of sulfone groups is 1. The molecule has 1 saturated heterocycles. The fourth-order valence-electron chi connectivity index (χ4n) is 3.31. The summed E-state index contributed by atoms with van der Waals surface area (Å²) in [5.74, 6) is -3.60. The van der Waals surface area contributed by atoms with Crippen molar-refractivity contribution in [3.8, 4) is 0 Å². The van der Waals surface area contributed by atoms with E-state index in [9.17, 15) is 23.1 Å². The van der Waals surface area contributed by atoms with Crippen LogP contribution in [0.2, 0.25) is 0 Å². The van der Waals surface area contributed by atoms with Crippen LogP contribution in [0.5, 0.6) is 0 Å². The van der Waals surface area contributed by atoms with Gasteiger partial charge in [0.1, 0.15) is 0 Å². The van der Waals surface area contributed by atoms with E-state index in [0.29, 0.717) is 6.42 Å². The molecule has 1 aliphatic rings. The number of carbonyl (C=O) groups excluding carboxylic acids is 1. The summed E-state index contributed by atoms with van der Waals surface area (Å²) in [5.41, 5.74) is -1.77. The standard InChI is InChI=1S/C14H24O6S/c1-4-6-10(3)14(12(15)16,13(17)20-5-2)11-7-8-21(18,19)9-11/h10-11H,4-9H2,1-3H3,(H,15,16). The number of hydrogen-bond donors (Lipinski definition) is 1. The molecule has 1 N–H and O–H groups in total. The number of carbonyl (C=O) groups is 2. The van der Waals surface area contributed by atoms with Crippen LogP contribution in [0.3, 0.4) is 0 Å². The first-order chi connectivity index (χ1) is 9.72. The number of carboxylic acid groups (broad SMARTS) is 1. The number of ether oxygens (including phenoxy) is 1. The second-order valence-corrected chi connectivity index (χ2v) is 7.91. The van der Waals surface area contributed by atoms with Gasteiger partial charge in [-0.05, 0) is 25.7 Å². The molecule has 1 fully saturated rings. The van der Waals surface area contributed by atoms with Gasteiger partial charge in [0.15, 0.2) is 15.3 Å². The lowest BCUT2D eigenvalue weighted by molar-refractivity contribution is -0.178. The Balaban J connectivity index is 3.31. The van der Waals surface area contributed by atoms with E-state index in [2.05, 4.69) is 0 Å². The van der Waals surface area contributed by atoms with Gasteiger partial charge in [0, 0.05) is 5.92 Å². The normalized spacial score (nSPS) is 25.0. The molecule has 1 aliphatic heterocycles. The summed E-state index contributed by atoms with van der Waals surface area (Å²) in [5, 5.41) is 9.75. The smallest absolute Gasteiger partial charge is 0.324 e. The van der Waals surface area contributed by atoms with Crippen LogP contribution in [-0.4, -0.2) is 43.6 Å². The molecule has 0 bridgehead atoms. The van der Waals surface area contributed by atoms with Gasteiger partial charge in [-0.3, -0.25) is 9.59 Å². The molecule has 3 atom stereocenters. The zero-order chi connectivity index (χ0) is 16.3. The van der Waals surface area contributed by atoms with Crippen molar-refractivity contribution in [3.05, 3.63) is 0 Å². The molecule has 1 rings (SSSR count). The third-order valence-corrected chi connectivity index (χ3v) is 6.11. The first-order valence-corrected chi connectivity index (χ1v) is 9.15. The van der Waals surface area contributed by atoms with Gasteiger partial charge in [-0.15, -0.1) is 0 Å². The van der Waals surface area contributed by atoms with Crippen LogP contribution in [-0.2, 0) is 24.2 Å². The molecule has 122 valence electrons. The molecule has 0 radical (unpaired) electrons. The monoisotopic (exact) mass is 320 g/mol. The topological polar surface area (TPSA) is 97.7 Å². The number of aliphatic carboxylic acids is 1. The second-order valence-electron chi connectivity index (χ2n) is 5.68. The quantitative estimate of drug-likeness (QED) is 0.564. The first kappa shape index (κ1) is 17.9. The summed E-state index contributed by atoms with van der Waals surface area (Å²) < 4.78 is 28.5. The van der Waals surface area contributed by atoms with Crippen LogP contribution in [0, 0.1) is 17.3 Å². The number of hydrogen-bond acceptors (Lipinski definition) is 5. The highest BCUT2D eigenvalue weighted by molar-refractivity contribution is 7.91. The molecule has 0 amide bonds. The van der Waals surface area contributed by atoms with Crippen molar-refractivity contribution in [1.82, 2.24) is 0 Å². The largest absolute Gasteiger partial charge is 0.480 e. The average molecular weight is 320 g/mol. The Morgan fingerprint density at radius 1 is 1.38 bits per heavy atom.